The lowest BCUT2D eigenvalue weighted by Gasteiger charge is -2.12. The molecular weight excluding hydrogens is 180 g/mol. The minimum Gasteiger partial charge on any atom is -0.464 e. The Kier molecular flexibility index (Phi) is 3.30. The molecule has 4 heteroatoms. The maximum absolute atomic E-state index is 11.1. The van der Waals surface area contributed by atoms with Crippen LogP contribution in [0.3, 0.4) is 0 Å². The zero-order valence-electron chi connectivity index (χ0n) is 8.70. The van der Waals surface area contributed by atoms with Gasteiger partial charge in [0.15, 0.2) is 0 Å². The summed E-state index contributed by atoms with van der Waals surface area (Å²) >= 11 is 0. The standard InChI is InChI=1S/C10H16N2O2/c1-6(2)9(11)7-4-8(12-5-7)10(13)14-3/h4-6,9,12H,11H2,1-3H3. The van der Waals surface area contributed by atoms with Crippen LogP contribution in [0.2, 0.25) is 0 Å². The molecule has 3 N–H and O–H groups in total. The molecule has 1 aromatic rings. The van der Waals surface area contributed by atoms with E-state index in [0.717, 1.165) is 5.56 Å². The van der Waals surface area contributed by atoms with Crippen molar-refractivity contribution in [3.63, 3.8) is 0 Å². The molecule has 0 radical (unpaired) electrons. The number of esters is 1. The maximum Gasteiger partial charge on any atom is 0.354 e. The minimum absolute atomic E-state index is 0.0512. The first kappa shape index (κ1) is 10.8. The van der Waals surface area contributed by atoms with Gasteiger partial charge in [0, 0.05) is 12.2 Å². The van der Waals surface area contributed by atoms with Crippen LogP contribution in [-0.4, -0.2) is 18.1 Å². The number of methoxy groups -OCH3 is 1. The van der Waals surface area contributed by atoms with Crippen molar-refractivity contribution in [2.75, 3.05) is 7.11 Å². The molecule has 0 aliphatic rings. The molecule has 0 amide bonds. The highest BCUT2D eigenvalue weighted by molar-refractivity contribution is 5.87. The number of H-pyrrole nitrogens is 1. The molecule has 4 nitrogen and oxygen atoms in total. The van der Waals surface area contributed by atoms with Crippen molar-refractivity contribution < 1.29 is 9.53 Å². The Morgan fingerprint density at radius 1 is 1.57 bits per heavy atom. The van der Waals surface area contributed by atoms with Gasteiger partial charge in [0.2, 0.25) is 0 Å². The number of rotatable bonds is 3. The zero-order valence-corrected chi connectivity index (χ0v) is 8.70. The lowest BCUT2D eigenvalue weighted by molar-refractivity contribution is 0.0595. The fraction of sp³-hybridized carbons (Fsp3) is 0.500. The van der Waals surface area contributed by atoms with Crippen LogP contribution in [-0.2, 0) is 4.74 Å². The monoisotopic (exact) mass is 196 g/mol. The fourth-order valence-corrected chi connectivity index (χ4v) is 1.22. The van der Waals surface area contributed by atoms with Gasteiger partial charge in [0.1, 0.15) is 5.69 Å². The third-order valence-electron chi connectivity index (χ3n) is 2.21. The smallest absolute Gasteiger partial charge is 0.354 e. The normalized spacial score (nSPS) is 12.9. The van der Waals surface area contributed by atoms with Crippen LogP contribution in [0.25, 0.3) is 0 Å². The van der Waals surface area contributed by atoms with E-state index in [2.05, 4.69) is 9.72 Å². The summed E-state index contributed by atoms with van der Waals surface area (Å²) in [5, 5.41) is 0. The van der Waals surface area contributed by atoms with Crippen molar-refractivity contribution in [2.24, 2.45) is 11.7 Å². The van der Waals surface area contributed by atoms with Gasteiger partial charge in [0.05, 0.1) is 7.11 Å². The van der Waals surface area contributed by atoms with Gasteiger partial charge < -0.3 is 15.5 Å². The van der Waals surface area contributed by atoms with Crippen molar-refractivity contribution in [3.8, 4) is 0 Å². The van der Waals surface area contributed by atoms with E-state index in [1.54, 1.807) is 12.3 Å². The summed E-state index contributed by atoms with van der Waals surface area (Å²) in [4.78, 5) is 14.0. The number of hydrogen-bond acceptors (Lipinski definition) is 3. The number of carbonyl (C=O) groups excluding carboxylic acids is 1. The lowest BCUT2D eigenvalue weighted by atomic mass is 9.99. The quantitative estimate of drug-likeness (QED) is 0.719. The molecule has 0 fully saturated rings. The second-order valence-electron chi connectivity index (χ2n) is 3.61. The number of aromatic nitrogens is 1. The highest BCUT2D eigenvalue weighted by atomic mass is 16.5. The van der Waals surface area contributed by atoms with Crippen LogP contribution in [0.1, 0.15) is 35.9 Å². The van der Waals surface area contributed by atoms with Gasteiger partial charge in [-0.3, -0.25) is 0 Å². The average Bonchev–Trinajstić information content (AvgIpc) is 2.64. The molecule has 78 valence electrons. The third-order valence-corrected chi connectivity index (χ3v) is 2.21. The predicted molar refractivity (Wildman–Crippen MR) is 53.9 cm³/mol. The van der Waals surface area contributed by atoms with E-state index in [4.69, 9.17) is 5.73 Å². The molecule has 0 aliphatic carbocycles. The Hall–Kier alpha value is -1.29. The number of hydrogen-bond donors (Lipinski definition) is 2. The molecule has 0 saturated carbocycles. The Morgan fingerprint density at radius 3 is 2.71 bits per heavy atom. The van der Waals surface area contributed by atoms with E-state index in [0.29, 0.717) is 11.6 Å². The second kappa shape index (κ2) is 4.28. The van der Waals surface area contributed by atoms with E-state index in [-0.39, 0.29) is 12.0 Å². The van der Waals surface area contributed by atoms with Crippen LogP contribution < -0.4 is 5.73 Å². The Balaban J connectivity index is 2.82. The number of ether oxygens (including phenoxy) is 1. The molecule has 0 aromatic carbocycles. The molecule has 0 aliphatic heterocycles. The van der Waals surface area contributed by atoms with Crippen LogP contribution in [0.4, 0.5) is 0 Å². The maximum atomic E-state index is 11.1. The van der Waals surface area contributed by atoms with Crippen LogP contribution >= 0.6 is 0 Å². The van der Waals surface area contributed by atoms with Crippen molar-refractivity contribution in [2.45, 2.75) is 19.9 Å². The summed E-state index contributed by atoms with van der Waals surface area (Å²) in [5.41, 5.74) is 7.29. The van der Waals surface area contributed by atoms with Crippen LogP contribution in [0.15, 0.2) is 12.3 Å². The van der Waals surface area contributed by atoms with Crippen molar-refractivity contribution in [1.29, 1.82) is 0 Å². The number of nitrogens with two attached hydrogens (primary N) is 1. The molecule has 1 heterocycles. The van der Waals surface area contributed by atoms with Gasteiger partial charge in [-0.05, 0) is 17.5 Å². The van der Waals surface area contributed by atoms with E-state index in [9.17, 15) is 4.79 Å². The number of aromatic amines is 1. The van der Waals surface area contributed by atoms with Gasteiger partial charge in [-0.15, -0.1) is 0 Å². The van der Waals surface area contributed by atoms with Gasteiger partial charge >= 0.3 is 5.97 Å². The molecular formula is C10H16N2O2. The molecule has 1 unspecified atom stereocenters. The van der Waals surface area contributed by atoms with Gasteiger partial charge in [0.25, 0.3) is 0 Å². The topological polar surface area (TPSA) is 68.1 Å². The second-order valence-corrected chi connectivity index (χ2v) is 3.61. The first-order valence-electron chi connectivity index (χ1n) is 4.58. The highest BCUT2D eigenvalue weighted by Crippen LogP contribution is 2.19. The SMILES string of the molecule is COC(=O)c1cc(C(N)C(C)C)c[nH]1. The summed E-state index contributed by atoms with van der Waals surface area (Å²) < 4.78 is 4.58. The van der Waals surface area contributed by atoms with E-state index >= 15 is 0 Å². The van der Waals surface area contributed by atoms with E-state index in [1.165, 1.54) is 7.11 Å². The Bertz CT molecular complexity index is 318. The van der Waals surface area contributed by atoms with Crippen LogP contribution in [0, 0.1) is 5.92 Å². The Labute approximate surface area is 83.4 Å². The minimum atomic E-state index is -0.368. The van der Waals surface area contributed by atoms with Crippen LogP contribution in [0.5, 0.6) is 0 Å². The van der Waals surface area contributed by atoms with E-state index < -0.39 is 0 Å². The number of nitrogens with one attached hydrogen (secondary N) is 1. The highest BCUT2D eigenvalue weighted by Gasteiger charge is 2.14. The molecule has 1 aromatic heterocycles. The summed E-state index contributed by atoms with van der Waals surface area (Å²) in [5.74, 6) is -0.0245. The molecule has 14 heavy (non-hydrogen) atoms. The van der Waals surface area contributed by atoms with Gasteiger partial charge in [-0.2, -0.15) is 0 Å². The lowest BCUT2D eigenvalue weighted by Crippen LogP contribution is -2.15. The molecule has 0 bridgehead atoms. The predicted octanol–water partition coefficient (Wildman–Crippen LogP) is 1.46. The summed E-state index contributed by atoms with van der Waals surface area (Å²) in [7, 11) is 1.35. The number of carbonyl (C=O) groups is 1. The van der Waals surface area contributed by atoms with Crippen molar-refractivity contribution in [1.82, 2.24) is 4.98 Å². The first-order valence-corrected chi connectivity index (χ1v) is 4.58. The molecule has 0 spiro atoms. The molecule has 1 rings (SSSR count). The summed E-state index contributed by atoms with van der Waals surface area (Å²) in [6, 6.07) is 1.68. The van der Waals surface area contributed by atoms with E-state index in [1.807, 2.05) is 13.8 Å². The molecule has 0 saturated heterocycles. The van der Waals surface area contributed by atoms with Crippen molar-refractivity contribution in [3.05, 3.63) is 23.5 Å². The third kappa shape index (κ3) is 2.14. The zero-order chi connectivity index (χ0) is 10.7. The van der Waals surface area contributed by atoms with Gasteiger partial charge in [-0.25, -0.2) is 4.79 Å². The molecule has 1 atom stereocenters. The fourth-order valence-electron chi connectivity index (χ4n) is 1.22. The first-order chi connectivity index (χ1) is 6.56. The summed E-state index contributed by atoms with van der Waals surface area (Å²) in [6.07, 6.45) is 1.75. The largest absolute Gasteiger partial charge is 0.464 e. The van der Waals surface area contributed by atoms with Crippen molar-refractivity contribution >= 4 is 5.97 Å². The van der Waals surface area contributed by atoms with Gasteiger partial charge in [-0.1, -0.05) is 13.8 Å². The summed E-state index contributed by atoms with van der Waals surface area (Å²) in [6.45, 7) is 4.07. The Morgan fingerprint density at radius 2 is 2.21 bits per heavy atom. The average molecular weight is 196 g/mol.